The SMILES string of the molecule is [C-]#[N+]c1ccc(-c2nc(-c3ccccc3)nc(-c3ccc(-c4cccc(C#N)c4)cc3-n3c4ccc(-c5ccccc5)cc4c4cc(-c5ccccc5)ccc43)n2)c(-n2c3ccc(-c4ccccc4)cc3c3cc(-c4ccccc4)ccc32)c1. The molecule has 0 radical (unpaired) electrons. The molecule has 0 N–H and O–H groups in total. The first-order chi connectivity index (χ1) is 41.5. The molecule has 12 aromatic carbocycles. The lowest BCUT2D eigenvalue weighted by molar-refractivity contribution is 1.06. The Kier molecular flexibility index (Phi) is 12.2. The van der Waals surface area contributed by atoms with Crippen LogP contribution in [0.4, 0.5) is 5.69 Å². The van der Waals surface area contributed by atoms with Crippen molar-refractivity contribution >= 4 is 49.3 Å². The lowest BCUT2D eigenvalue weighted by Crippen LogP contribution is -2.05. The molecule has 0 unspecified atom stereocenters. The summed E-state index contributed by atoms with van der Waals surface area (Å²) in [5.74, 6) is 1.41. The zero-order valence-corrected chi connectivity index (χ0v) is 45.3. The Morgan fingerprint density at radius 2 is 0.631 bits per heavy atom. The molecule has 84 heavy (non-hydrogen) atoms. The minimum Gasteiger partial charge on any atom is -0.310 e. The van der Waals surface area contributed by atoms with Gasteiger partial charge in [0.2, 0.25) is 0 Å². The van der Waals surface area contributed by atoms with Crippen molar-refractivity contribution in [2.75, 3.05) is 0 Å². The average molecular weight is 1070 g/mol. The van der Waals surface area contributed by atoms with Crippen LogP contribution in [0.15, 0.2) is 285 Å². The lowest BCUT2D eigenvalue weighted by atomic mass is 9.99. The van der Waals surface area contributed by atoms with Crippen LogP contribution in [-0.2, 0) is 0 Å². The monoisotopic (exact) mass is 1070 g/mol. The molecule has 0 fully saturated rings. The zero-order chi connectivity index (χ0) is 56.1. The van der Waals surface area contributed by atoms with Gasteiger partial charge in [-0.2, -0.15) is 5.26 Å². The minimum absolute atomic E-state index is 0.446. The number of hydrogen-bond donors (Lipinski definition) is 0. The normalized spacial score (nSPS) is 11.3. The van der Waals surface area contributed by atoms with E-state index in [1.54, 1.807) is 0 Å². The topological polar surface area (TPSA) is 76.7 Å². The maximum atomic E-state index is 10.1. The number of hydrogen-bond acceptors (Lipinski definition) is 4. The Bertz CT molecular complexity index is 4940. The fourth-order valence-electron chi connectivity index (χ4n) is 12.0. The van der Waals surface area contributed by atoms with E-state index < -0.39 is 0 Å². The summed E-state index contributed by atoms with van der Waals surface area (Å²) >= 11 is 0. The van der Waals surface area contributed by atoms with Crippen molar-refractivity contribution in [2.24, 2.45) is 0 Å². The molecule has 0 saturated carbocycles. The third-order valence-corrected chi connectivity index (χ3v) is 16.0. The van der Waals surface area contributed by atoms with Gasteiger partial charge in [-0.05, 0) is 134 Å². The second kappa shape index (κ2) is 20.7. The fraction of sp³-hybridized carbons (Fsp3) is 0. The number of rotatable bonds is 10. The Balaban J connectivity index is 0.999. The van der Waals surface area contributed by atoms with Crippen LogP contribution >= 0.6 is 0 Å². The van der Waals surface area contributed by atoms with Gasteiger partial charge in [-0.15, -0.1) is 0 Å². The van der Waals surface area contributed by atoms with Gasteiger partial charge in [0.15, 0.2) is 23.2 Å². The third-order valence-electron chi connectivity index (χ3n) is 16.0. The molecule has 390 valence electrons. The molecule has 3 heterocycles. The van der Waals surface area contributed by atoms with Gasteiger partial charge in [-0.1, -0.05) is 206 Å². The summed E-state index contributed by atoms with van der Waals surface area (Å²) in [7, 11) is 0. The van der Waals surface area contributed by atoms with Gasteiger partial charge in [-0.25, -0.2) is 19.8 Å². The van der Waals surface area contributed by atoms with Crippen LogP contribution in [0.2, 0.25) is 0 Å². The van der Waals surface area contributed by atoms with Crippen LogP contribution in [0, 0.1) is 17.9 Å². The van der Waals surface area contributed by atoms with E-state index in [2.05, 4.69) is 208 Å². The van der Waals surface area contributed by atoms with Crippen LogP contribution in [0.25, 0.3) is 150 Å². The summed E-state index contributed by atoms with van der Waals surface area (Å²) in [6.45, 7) is 8.38. The largest absolute Gasteiger partial charge is 0.310 e. The van der Waals surface area contributed by atoms with Crippen molar-refractivity contribution in [3.8, 4) is 107 Å². The number of fused-ring (bicyclic) bond motifs is 6. The number of aromatic nitrogens is 5. The van der Waals surface area contributed by atoms with Crippen molar-refractivity contribution in [3.05, 3.63) is 302 Å². The first-order valence-corrected chi connectivity index (χ1v) is 27.9. The standard InChI is InChI=1S/C77H47N7/c1-79-62-35-37-64(74(48-62)84-71-40-33-59(53-23-11-4-12-24-53)45-67(71)68-46-60(34-41-72(68)84)54-25-13-5-14-26-54)77-81-75(55-27-15-6-16-28-55)80-76(82-77)63-36-30-61(56-29-17-18-50(42-56)49-78)47-73(63)83-69-38-31-57(51-19-7-2-8-20-51)43-65(69)66-44-58(32-39-70(66)83)52-21-9-3-10-22-52/h2-48H. The molecular weight excluding hydrogens is 1020 g/mol. The van der Waals surface area contributed by atoms with E-state index in [4.69, 9.17) is 21.5 Å². The Hall–Kier alpha value is -11.8. The molecule has 0 atom stereocenters. The van der Waals surface area contributed by atoms with Crippen molar-refractivity contribution in [2.45, 2.75) is 0 Å². The zero-order valence-electron chi connectivity index (χ0n) is 45.3. The number of nitrogens with zero attached hydrogens (tertiary/aromatic N) is 7. The number of benzene rings is 12. The molecule has 0 amide bonds. The van der Waals surface area contributed by atoms with E-state index >= 15 is 0 Å². The van der Waals surface area contributed by atoms with E-state index in [1.807, 2.05) is 97.1 Å². The summed E-state index contributed by atoms with van der Waals surface area (Å²) in [4.78, 5) is 20.4. The highest BCUT2D eigenvalue weighted by Gasteiger charge is 2.24. The molecule has 15 rings (SSSR count). The van der Waals surface area contributed by atoms with Crippen molar-refractivity contribution in [1.29, 1.82) is 5.26 Å². The molecule has 7 nitrogen and oxygen atoms in total. The van der Waals surface area contributed by atoms with Crippen LogP contribution in [0.3, 0.4) is 0 Å². The van der Waals surface area contributed by atoms with Crippen LogP contribution < -0.4 is 0 Å². The van der Waals surface area contributed by atoms with E-state index in [0.29, 0.717) is 28.7 Å². The molecule has 0 saturated heterocycles. The van der Waals surface area contributed by atoms with Crippen LogP contribution in [0.1, 0.15) is 5.56 Å². The van der Waals surface area contributed by atoms with E-state index in [9.17, 15) is 5.26 Å². The molecule has 7 heteroatoms. The Labute approximate surface area is 485 Å². The lowest BCUT2D eigenvalue weighted by Gasteiger charge is -2.18. The molecular formula is C77H47N7. The Morgan fingerprint density at radius 3 is 1.04 bits per heavy atom. The van der Waals surface area contributed by atoms with E-state index in [-0.39, 0.29) is 0 Å². The minimum atomic E-state index is 0.446. The highest BCUT2D eigenvalue weighted by molar-refractivity contribution is 6.13. The average Bonchev–Trinajstić information content (AvgIpc) is 2.62. The maximum Gasteiger partial charge on any atom is 0.189 e. The van der Waals surface area contributed by atoms with Gasteiger partial charge >= 0.3 is 0 Å². The Morgan fingerprint density at radius 1 is 0.298 bits per heavy atom. The highest BCUT2D eigenvalue weighted by Crippen LogP contribution is 2.44. The van der Waals surface area contributed by atoms with Gasteiger partial charge in [0.05, 0.1) is 46.0 Å². The first kappa shape index (κ1) is 49.3. The molecule has 3 aromatic heterocycles. The third kappa shape index (κ3) is 8.74. The molecule has 0 aliphatic heterocycles. The van der Waals surface area contributed by atoms with Crippen LogP contribution in [0.5, 0.6) is 0 Å². The first-order valence-electron chi connectivity index (χ1n) is 27.9. The van der Waals surface area contributed by atoms with Gasteiger partial charge in [0.1, 0.15) is 0 Å². The molecule has 0 aliphatic rings. The van der Waals surface area contributed by atoms with Crippen molar-refractivity contribution in [3.63, 3.8) is 0 Å². The summed E-state index contributed by atoms with van der Waals surface area (Å²) in [6, 6.07) is 101. The van der Waals surface area contributed by atoms with Crippen molar-refractivity contribution < 1.29 is 0 Å². The molecule has 15 aromatic rings. The summed E-state index contributed by atoms with van der Waals surface area (Å²) in [6.07, 6.45) is 0. The highest BCUT2D eigenvalue weighted by atomic mass is 15.1. The predicted octanol–water partition coefficient (Wildman–Crippen LogP) is 19.8. The molecule has 0 aliphatic carbocycles. The number of nitriles is 1. The fourth-order valence-corrected chi connectivity index (χ4v) is 12.0. The summed E-state index contributed by atoms with van der Waals surface area (Å²) in [5.41, 5.74) is 19.7. The van der Waals surface area contributed by atoms with Gasteiger partial charge in [0.25, 0.3) is 0 Å². The van der Waals surface area contributed by atoms with Gasteiger partial charge in [-0.3, -0.25) is 0 Å². The predicted molar refractivity (Wildman–Crippen MR) is 343 cm³/mol. The summed E-state index contributed by atoms with van der Waals surface area (Å²) in [5, 5.41) is 14.5. The summed E-state index contributed by atoms with van der Waals surface area (Å²) < 4.78 is 4.61. The molecule has 0 bridgehead atoms. The smallest absolute Gasteiger partial charge is 0.189 e. The second-order valence-electron chi connectivity index (χ2n) is 21.0. The quantitative estimate of drug-likeness (QED) is 0.128. The maximum absolute atomic E-state index is 10.1. The van der Waals surface area contributed by atoms with Crippen molar-refractivity contribution in [1.82, 2.24) is 24.1 Å². The van der Waals surface area contributed by atoms with E-state index in [0.717, 1.165) is 127 Å². The van der Waals surface area contributed by atoms with Gasteiger partial charge < -0.3 is 9.13 Å². The van der Waals surface area contributed by atoms with Crippen LogP contribution in [-0.4, -0.2) is 24.1 Å². The van der Waals surface area contributed by atoms with E-state index in [1.165, 1.54) is 0 Å². The second-order valence-corrected chi connectivity index (χ2v) is 21.0. The molecule has 0 spiro atoms. The van der Waals surface area contributed by atoms with Gasteiger partial charge in [0, 0.05) is 43.9 Å².